The number of rotatable bonds is 4. The molecule has 0 aromatic rings. The van der Waals surface area contributed by atoms with Gasteiger partial charge in [0.15, 0.2) is 0 Å². The molecule has 0 aromatic carbocycles. The minimum absolute atomic E-state index is 1.06. The summed E-state index contributed by atoms with van der Waals surface area (Å²) in [6, 6.07) is 0. The molecule has 0 aliphatic heterocycles. The van der Waals surface area contributed by atoms with E-state index in [1.807, 2.05) is 0 Å². The van der Waals surface area contributed by atoms with Crippen LogP contribution in [0.4, 0.5) is 0 Å². The smallest absolute Gasteiger partial charge is 0.0164 e. The van der Waals surface area contributed by atoms with Crippen LogP contribution in [0.25, 0.3) is 0 Å². The second-order valence-corrected chi connectivity index (χ2v) is 2.08. The summed E-state index contributed by atoms with van der Waals surface area (Å²) >= 11 is 0. The van der Waals surface area contributed by atoms with E-state index < -0.39 is 0 Å². The maximum absolute atomic E-state index is 3.28. The Morgan fingerprint density at radius 3 is 2.44 bits per heavy atom. The summed E-state index contributed by atoms with van der Waals surface area (Å²) < 4.78 is 0. The zero-order valence-corrected chi connectivity index (χ0v) is 6.70. The fraction of sp³-hybridized carbons (Fsp3) is 0.750. The largest absolute Gasteiger partial charge is 0.313 e. The fourth-order valence-corrected chi connectivity index (χ4v) is 0.717. The van der Waals surface area contributed by atoms with Crippen molar-refractivity contribution in [3.63, 3.8) is 0 Å². The number of nitrogens with one attached hydrogen (secondary N) is 1. The lowest BCUT2D eigenvalue weighted by Crippen LogP contribution is -2.15. The highest BCUT2D eigenvalue weighted by atomic mass is 14.8. The van der Waals surface area contributed by atoms with Crippen LogP contribution < -0.4 is 5.32 Å². The van der Waals surface area contributed by atoms with Crippen LogP contribution in [-0.4, -0.2) is 13.1 Å². The van der Waals surface area contributed by atoms with Crippen molar-refractivity contribution in [1.29, 1.82) is 0 Å². The molecule has 0 aliphatic carbocycles. The van der Waals surface area contributed by atoms with Crippen molar-refractivity contribution in [3.05, 3.63) is 11.6 Å². The molecule has 0 aliphatic rings. The minimum atomic E-state index is 1.06. The molecule has 0 radical (unpaired) electrons. The van der Waals surface area contributed by atoms with Gasteiger partial charge < -0.3 is 5.32 Å². The highest BCUT2D eigenvalue weighted by Gasteiger charge is 1.87. The predicted octanol–water partition coefficient (Wildman–Crippen LogP) is 1.95. The van der Waals surface area contributed by atoms with Gasteiger partial charge in [-0.2, -0.15) is 0 Å². The molecule has 0 aromatic heterocycles. The van der Waals surface area contributed by atoms with E-state index in [4.69, 9.17) is 0 Å². The average Bonchev–Trinajstić information content (AvgIpc) is 1.91. The van der Waals surface area contributed by atoms with Crippen LogP contribution in [0.2, 0.25) is 0 Å². The number of hydrogen-bond donors (Lipinski definition) is 1. The summed E-state index contributed by atoms with van der Waals surface area (Å²) in [4.78, 5) is 0. The Hall–Kier alpha value is -0.300. The van der Waals surface area contributed by atoms with E-state index in [-0.39, 0.29) is 0 Å². The second-order valence-electron chi connectivity index (χ2n) is 2.08. The first kappa shape index (κ1) is 8.70. The SMILES string of the molecule is C/C=C(\CC)CNCC. The first-order valence-corrected chi connectivity index (χ1v) is 3.69. The van der Waals surface area contributed by atoms with Crippen LogP contribution in [0.1, 0.15) is 27.2 Å². The van der Waals surface area contributed by atoms with Crippen molar-refractivity contribution in [2.75, 3.05) is 13.1 Å². The number of allylic oxidation sites excluding steroid dienone is 1. The quantitative estimate of drug-likeness (QED) is 0.569. The average molecular weight is 127 g/mol. The van der Waals surface area contributed by atoms with Gasteiger partial charge in [0.25, 0.3) is 0 Å². The van der Waals surface area contributed by atoms with Crippen molar-refractivity contribution in [2.45, 2.75) is 27.2 Å². The third-order valence-electron chi connectivity index (χ3n) is 1.46. The molecular formula is C8H17N. The molecule has 1 nitrogen and oxygen atoms in total. The molecule has 9 heavy (non-hydrogen) atoms. The minimum Gasteiger partial charge on any atom is -0.313 e. The van der Waals surface area contributed by atoms with Crippen LogP contribution in [0.15, 0.2) is 11.6 Å². The monoisotopic (exact) mass is 127 g/mol. The predicted molar refractivity (Wildman–Crippen MR) is 42.6 cm³/mol. The molecule has 54 valence electrons. The normalized spacial score (nSPS) is 12.1. The molecule has 0 saturated carbocycles. The van der Waals surface area contributed by atoms with E-state index in [1.54, 1.807) is 0 Å². The maximum atomic E-state index is 3.28. The van der Waals surface area contributed by atoms with E-state index in [2.05, 4.69) is 32.2 Å². The molecule has 0 saturated heterocycles. The van der Waals surface area contributed by atoms with E-state index in [9.17, 15) is 0 Å². The second kappa shape index (κ2) is 5.83. The lowest BCUT2D eigenvalue weighted by Gasteiger charge is -2.02. The summed E-state index contributed by atoms with van der Waals surface area (Å²) in [5.41, 5.74) is 1.50. The Morgan fingerprint density at radius 1 is 1.44 bits per heavy atom. The van der Waals surface area contributed by atoms with Gasteiger partial charge in [0.1, 0.15) is 0 Å². The topological polar surface area (TPSA) is 12.0 Å². The molecule has 0 rings (SSSR count). The zero-order chi connectivity index (χ0) is 7.11. The van der Waals surface area contributed by atoms with Crippen molar-refractivity contribution < 1.29 is 0 Å². The van der Waals surface area contributed by atoms with Crippen molar-refractivity contribution in [2.24, 2.45) is 0 Å². The van der Waals surface area contributed by atoms with Crippen LogP contribution in [-0.2, 0) is 0 Å². The van der Waals surface area contributed by atoms with Crippen LogP contribution in [0.5, 0.6) is 0 Å². The molecule has 0 bridgehead atoms. The van der Waals surface area contributed by atoms with Gasteiger partial charge >= 0.3 is 0 Å². The van der Waals surface area contributed by atoms with Crippen LogP contribution in [0, 0.1) is 0 Å². The zero-order valence-electron chi connectivity index (χ0n) is 6.70. The van der Waals surface area contributed by atoms with Crippen molar-refractivity contribution >= 4 is 0 Å². The molecule has 0 heterocycles. The Bertz CT molecular complexity index is 84.6. The van der Waals surface area contributed by atoms with Crippen LogP contribution in [0.3, 0.4) is 0 Å². The van der Waals surface area contributed by atoms with Gasteiger partial charge in [0.2, 0.25) is 0 Å². The molecule has 0 unspecified atom stereocenters. The molecular weight excluding hydrogens is 110 g/mol. The van der Waals surface area contributed by atoms with Gasteiger partial charge in [0, 0.05) is 6.54 Å². The lowest BCUT2D eigenvalue weighted by molar-refractivity contribution is 0.757. The van der Waals surface area contributed by atoms with E-state index in [0.717, 1.165) is 13.1 Å². The third kappa shape index (κ3) is 4.22. The van der Waals surface area contributed by atoms with Crippen molar-refractivity contribution in [3.8, 4) is 0 Å². The summed E-state index contributed by atoms with van der Waals surface area (Å²) in [5.74, 6) is 0. The Morgan fingerprint density at radius 2 is 2.11 bits per heavy atom. The van der Waals surface area contributed by atoms with E-state index in [0.29, 0.717) is 0 Å². The third-order valence-corrected chi connectivity index (χ3v) is 1.46. The van der Waals surface area contributed by atoms with Crippen LogP contribution >= 0.6 is 0 Å². The van der Waals surface area contributed by atoms with E-state index in [1.165, 1.54) is 12.0 Å². The molecule has 0 atom stereocenters. The first-order chi connectivity index (χ1) is 4.35. The van der Waals surface area contributed by atoms with Gasteiger partial charge in [-0.15, -0.1) is 0 Å². The molecule has 1 N–H and O–H groups in total. The maximum Gasteiger partial charge on any atom is 0.0164 e. The van der Waals surface area contributed by atoms with Gasteiger partial charge in [-0.05, 0) is 19.9 Å². The molecule has 0 amide bonds. The van der Waals surface area contributed by atoms with E-state index >= 15 is 0 Å². The summed E-state index contributed by atoms with van der Waals surface area (Å²) in [6.45, 7) is 8.53. The number of likely N-dealkylation sites (N-methyl/N-ethyl adjacent to an activating group) is 1. The van der Waals surface area contributed by atoms with Gasteiger partial charge in [-0.1, -0.05) is 25.5 Å². The standard InChI is InChI=1S/C8H17N/c1-4-8(5-2)7-9-6-3/h4,9H,5-7H2,1-3H3/b8-4+. The Kier molecular flexibility index (Phi) is 5.64. The van der Waals surface area contributed by atoms with Crippen molar-refractivity contribution in [1.82, 2.24) is 5.32 Å². The Labute approximate surface area is 58.2 Å². The highest BCUT2D eigenvalue weighted by molar-refractivity contribution is 5.00. The molecule has 0 spiro atoms. The fourth-order valence-electron chi connectivity index (χ4n) is 0.717. The number of hydrogen-bond acceptors (Lipinski definition) is 1. The summed E-state index contributed by atoms with van der Waals surface area (Å²) in [6.07, 6.45) is 3.35. The molecule has 1 heteroatoms. The molecule has 0 fully saturated rings. The van der Waals surface area contributed by atoms with Gasteiger partial charge in [-0.25, -0.2) is 0 Å². The van der Waals surface area contributed by atoms with Gasteiger partial charge in [0.05, 0.1) is 0 Å². The summed E-state index contributed by atoms with van der Waals surface area (Å²) in [5, 5.41) is 3.28. The highest BCUT2D eigenvalue weighted by Crippen LogP contribution is 1.96. The summed E-state index contributed by atoms with van der Waals surface area (Å²) in [7, 11) is 0. The first-order valence-electron chi connectivity index (χ1n) is 3.69. The van der Waals surface area contributed by atoms with Gasteiger partial charge in [-0.3, -0.25) is 0 Å². The lowest BCUT2D eigenvalue weighted by atomic mass is 10.2. The Balaban J connectivity index is 3.33.